The van der Waals surface area contributed by atoms with Crippen LogP contribution < -0.4 is 10.1 Å². The molecule has 0 aliphatic heterocycles. The molecule has 1 fully saturated rings. The second-order valence-corrected chi connectivity index (χ2v) is 4.91. The molecule has 1 saturated carbocycles. The number of ether oxygens (including phenoxy) is 2. The van der Waals surface area contributed by atoms with E-state index < -0.39 is 30.1 Å². The summed E-state index contributed by atoms with van der Waals surface area (Å²) in [6.45, 7) is 1.43. The van der Waals surface area contributed by atoms with Gasteiger partial charge in [-0.25, -0.2) is 0 Å². The van der Waals surface area contributed by atoms with Gasteiger partial charge in [-0.2, -0.15) is 0 Å². The quantitative estimate of drug-likeness (QED) is 0.848. The number of anilines is 1. The van der Waals surface area contributed by atoms with Crippen LogP contribution in [0.1, 0.15) is 19.8 Å². The molecular formula is C14H14F3NO4. The Morgan fingerprint density at radius 1 is 1.23 bits per heavy atom. The molecule has 0 heterocycles. The van der Waals surface area contributed by atoms with Gasteiger partial charge in [-0.15, -0.1) is 13.2 Å². The maximum atomic E-state index is 12.0. The van der Waals surface area contributed by atoms with Crippen molar-refractivity contribution in [3.05, 3.63) is 24.3 Å². The van der Waals surface area contributed by atoms with Gasteiger partial charge in [0.1, 0.15) is 5.75 Å². The van der Waals surface area contributed by atoms with Crippen molar-refractivity contribution >= 4 is 17.6 Å². The second kappa shape index (κ2) is 6.25. The van der Waals surface area contributed by atoms with Crippen molar-refractivity contribution in [3.8, 4) is 5.75 Å². The van der Waals surface area contributed by atoms with Gasteiger partial charge in [0.2, 0.25) is 0 Å². The SMILES string of the molecule is C[C@H](OC(=O)C1CC1)C(=O)Nc1ccc(OC(F)(F)F)cc1. The third-order valence-electron chi connectivity index (χ3n) is 2.93. The molecule has 8 heteroatoms. The number of alkyl halides is 3. The van der Waals surface area contributed by atoms with E-state index in [-0.39, 0.29) is 11.6 Å². The van der Waals surface area contributed by atoms with Crippen molar-refractivity contribution in [1.29, 1.82) is 0 Å². The molecule has 1 amide bonds. The van der Waals surface area contributed by atoms with E-state index in [1.165, 1.54) is 19.1 Å². The van der Waals surface area contributed by atoms with Gasteiger partial charge in [0.05, 0.1) is 5.92 Å². The number of carbonyl (C=O) groups is 2. The van der Waals surface area contributed by atoms with Crippen LogP contribution >= 0.6 is 0 Å². The first kappa shape index (κ1) is 16.1. The predicted octanol–water partition coefficient (Wildman–Crippen LogP) is 2.87. The molecule has 1 atom stereocenters. The fourth-order valence-electron chi connectivity index (χ4n) is 1.63. The van der Waals surface area contributed by atoms with Crippen LogP contribution in [0.4, 0.5) is 18.9 Å². The van der Waals surface area contributed by atoms with E-state index in [0.29, 0.717) is 0 Å². The van der Waals surface area contributed by atoms with Gasteiger partial charge >= 0.3 is 12.3 Å². The number of carbonyl (C=O) groups excluding carboxylic acids is 2. The Morgan fingerprint density at radius 2 is 1.82 bits per heavy atom. The maximum absolute atomic E-state index is 12.0. The number of halogens is 3. The molecule has 1 N–H and O–H groups in total. The molecule has 5 nitrogen and oxygen atoms in total. The molecule has 22 heavy (non-hydrogen) atoms. The highest BCUT2D eigenvalue weighted by atomic mass is 19.4. The zero-order valence-corrected chi connectivity index (χ0v) is 11.6. The summed E-state index contributed by atoms with van der Waals surface area (Å²) in [4.78, 5) is 23.2. The van der Waals surface area contributed by atoms with Crippen LogP contribution in [-0.4, -0.2) is 24.3 Å². The first-order valence-corrected chi connectivity index (χ1v) is 6.62. The monoisotopic (exact) mass is 317 g/mol. The van der Waals surface area contributed by atoms with Crippen LogP contribution in [0.3, 0.4) is 0 Å². The summed E-state index contributed by atoms with van der Waals surface area (Å²) < 4.78 is 44.7. The van der Waals surface area contributed by atoms with Crippen LogP contribution in [0.15, 0.2) is 24.3 Å². The Bertz CT molecular complexity index is 552. The van der Waals surface area contributed by atoms with Gasteiger partial charge in [-0.05, 0) is 44.0 Å². The van der Waals surface area contributed by atoms with E-state index >= 15 is 0 Å². The minimum Gasteiger partial charge on any atom is -0.452 e. The minimum atomic E-state index is -4.77. The molecule has 120 valence electrons. The smallest absolute Gasteiger partial charge is 0.452 e. The number of hydrogen-bond acceptors (Lipinski definition) is 4. The summed E-state index contributed by atoms with van der Waals surface area (Å²) in [7, 11) is 0. The molecule has 0 bridgehead atoms. The zero-order valence-electron chi connectivity index (χ0n) is 11.6. The number of rotatable bonds is 5. The molecular weight excluding hydrogens is 303 g/mol. The highest BCUT2D eigenvalue weighted by Gasteiger charge is 2.33. The van der Waals surface area contributed by atoms with Crippen LogP contribution in [-0.2, 0) is 14.3 Å². The summed E-state index contributed by atoms with van der Waals surface area (Å²) >= 11 is 0. The fraction of sp³-hybridized carbons (Fsp3) is 0.429. The number of hydrogen-bond donors (Lipinski definition) is 1. The standard InChI is InChI=1S/C14H14F3NO4/c1-8(21-13(20)9-2-3-9)12(19)18-10-4-6-11(7-5-10)22-14(15,16)17/h4-9H,2-3H2,1H3,(H,18,19)/t8-/m0/s1. The third kappa shape index (κ3) is 4.94. The molecule has 0 saturated heterocycles. The molecule has 0 spiro atoms. The maximum Gasteiger partial charge on any atom is 0.573 e. The van der Waals surface area contributed by atoms with Gasteiger partial charge in [-0.1, -0.05) is 0 Å². The Hall–Kier alpha value is -2.25. The Morgan fingerprint density at radius 3 is 2.32 bits per heavy atom. The lowest BCUT2D eigenvalue weighted by molar-refractivity contribution is -0.274. The van der Waals surface area contributed by atoms with Gasteiger partial charge < -0.3 is 14.8 Å². The summed E-state index contributed by atoms with van der Waals surface area (Å²) in [6, 6.07) is 4.66. The summed E-state index contributed by atoms with van der Waals surface area (Å²) in [6.07, 6.45) is -4.20. The van der Waals surface area contributed by atoms with Crippen molar-refractivity contribution in [3.63, 3.8) is 0 Å². The topological polar surface area (TPSA) is 64.6 Å². The summed E-state index contributed by atoms with van der Waals surface area (Å²) in [5.41, 5.74) is 0.272. The number of amides is 1. The first-order valence-electron chi connectivity index (χ1n) is 6.62. The van der Waals surface area contributed by atoms with E-state index in [0.717, 1.165) is 25.0 Å². The van der Waals surface area contributed by atoms with Crippen LogP contribution in [0.2, 0.25) is 0 Å². The van der Waals surface area contributed by atoms with E-state index in [1.54, 1.807) is 0 Å². The Labute approximate surface area is 124 Å². The molecule has 1 aliphatic rings. The summed E-state index contributed by atoms with van der Waals surface area (Å²) in [5, 5.41) is 2.44. The lowest BCUT2D eigenvalue weighted by Crippen LogP contribution is -2.30. The first-order chi connectivity index (χ1) is 10.2. The van der Waals surface area contributed by atoms with Gasteiger partial charge in [0.15, 0.2) is 6.10 Å². The van der Waals surface area contributed by atoms with E-state index in [9.17, 15) is 22.8 Å². The molecule has 0 unspecified atom stereocenters. The van der Waals surface area contributed by atoms with E-state index in [4.69, 9.17) is 4.74 Å². The molecule has 0 radical (unpaired) electrons. The van der Waals surface area contributed by atoms with Crippen molar-refractivity contribution in [2.75, 3.05) is 5.32 Å². The van der Waals surface area contributed by atoms with Gasteiger partial charge in [0.25, 0.3) is 5.91 Å². The van der Waals surface area contributed by atoms with E-state index in [1.807, 2.05) is 0 Å². The normalized spacial score (nSPS) is 15.8. The van der Waals surface area contributed by atoms with Gasteiger partial charge in [-0.3, -0.25) is 9.59 Å². The van der Waals surface area contributed by atoms with Crippen molar-refractivity contribution < 1.29 is 32.2 Å². The fourth-order valence-corrected chi connectivity index (χ4v) is 1.63. The van der Waals surface area contributed by atoms with E-state index in [2.05, 4.69) is 10.1 Å². The molecule has 1 aliphatic carbocycles. The predicted molar refractivity (Wildman–Crippen MR) is 70.0 cm³/mol. The lowest BCUT2D eigenvalue weighted by Gasteiger charge is -2.14. The van der Waals surface area contributed by atoms with Gasteiger partial charge in [0, 0.05) is 5.69 Å². The average Bonchev–Trinajstić information content (AvgIpc) is 3.23. The summed E-state index contributed by atoms with van der Waals surface area (Å²) in [5.74, 6) is -1.47. The Kier molecular flexibility index (Phi) is 4.58. The van der Waals surface area contributed by atoms with Crippen molar-refractivity contribution in [2.24, 2.45) is 5.92 Å². The largest absolute Gasteiger partial charge is 0.573 e. The lowest BCUT2D eigenvalue weighted by atomic mass is 10.3. The van der Waals surface area contributed by atoms with Crippen LogP contribution in [0, 0.1) is 5.92 Å². The zero-order chi connectivity index (χ0) is 16.3. The van der Waals surface area contributed by atoms with Crippen LogP contribution in [0.5, 0.6) is 5.75 Å². The highest BCUT2D eigenvalue weighted by Crippen LogP contribution is 2.30. The highest BCUT2D eigenvalue weighted by molar-refractivity contribution is 5.95. The number of esters is 1. The second-order valence-electron chi connectivity index (χ2n) is 4.91. The third-order valence-corrected chi connectivity index (χ3v) is 2.93. The molecule has 0 aromatic heterocycles. The molecule has 1 aromatic rings. The Balaban J connectivity index is 1.86. The van der Waals surface area contributed by atoms with Crippen molar-refractivity contribution in [1.82, 2.24) is 0 Å². The molecule has 2 rings (SSSR count). The average molecular weight is 317 g/mol. The number of benzene rings is 1. The number of nitrogens with one attached hydrogen (secondary N) is 1. The molecule has 1 aromatic carbocycles. The minimum absolute atomic E-state index is 0.117. The van der Waals surface area contributed by atoms with Crippen LogP contribution in [0.25, 0.3) is 0 Å². The van der Waals surface area contributed by atoms with Crippen molar-refractivity contribution in [2.45, 2.75) is 32.2 Å².